The molecule has 210 valence electrons. The quantitative estimate of drug-likeness (QED) is 0.186. The number of imidazole rings is 1. The van der Waals surface area contributed by atoms with Gasteiger partial charge in [0.15, 0.2) is 22.7 Å². The molecule has 0 spiro atoms. The molecule has 0 radical (unpaired) electrons. The smallest absolute Gasteiger partial charge is 0.184 e. The topological polar surface area (TPSA) is 156 Å². The number of rotatable bonds is 7. The van der Waals surface area contributed by atoms with Gasteiger partial charge in [-0.1, -0.05) is 6.07 Å². The fourth-order valence-electron chi connectivity index (χ4n) is 6.13. The van der Waals surface area contributed by atoms with Gasteiger partial charge < -0.3 is 25.2 Å². The average molecular weight is 585 g/mol. The highest BCUT2D eigenvalue weighted by Gasteiger charge is 2.68. The number of hydrogen-bond donors (Lipinski definition) is 5. The van der Waals surface area contributed by atoms with Gasteiger partial charge in [-0.05, 0) is 66.1 Å². The van der Waals surface area contributed by atoms with Gasteiger partial charge in [0.2, 0.25) is 0 Å². The lowest BCUT2D eigenvalue weighted by atomic mass is 9.65. The van der Waals surface area contributed by atoms with Crippen molar-refractivity contribution in [2.24, 2.45) is 0 Å². The van der Waals surface area contributed by atoms with Crippen molar-refractivity contribution in [1.82, 2.24) is 54.8 Å². The van der Waals surface area contributed by atoms with Gasteiger partial charge in [0.25, 0.3) is 0 Å². The third-order valence-electron chi connectivity index (χ3n) is 7.72. The first kappa shape index (κ1) is 24.9. The third-order valence-corrected chi connectivity index (χ3v) is 8.27. The van der Waals surface area contributed by atoms with Gasteiger partial charge in [0.1, 0.15) is 11.5 Å². The van der Waals surface area contributed by atoms with Crippen molar-refractivity contribution < 1.29 is 0 Å². The highest BCUT2D eigenvalue weighted by molar-refractivity contribution is 7.03. The Labute approximate surface area is 249 Å². The number of aromatic amines is 4. The van der Waals surface area contributed by atoms with Gasteiger partial charge in [-0.2, -0.15) is 9.47 Å². The zero-order valence-electron chi connectivity index (χ0n) is 22.5. The normalized spacial score (nSPS) is 20.3. The molecule has 0 amide bonds. The van der Waals surface area contributed by atoms with Crippen LogP contribution in [-0.2, 0) is 11.1 Å². The first-order chi connectivity index (χ1) is 21.3. The summed E-state index contributed by atoms with van der Waals surface area (Å²) in [6.07, 6.45) is 14.3. The van der Waals surface area contributed by atoms with E-state index in [1.807, 2.05) is 78.4 Å². The Morgan fingerprint density at radius 2 is 1.58 bits per heavy atom. The van der Waals surface area contributed by atoms with Crippen molar-refractivity contribution in [3.05, 3.63) is 150 Å². The molecule has 13 heteroatoms. The molecule has 0 aliphatic carbocycles. The number of hydrogen-bond acceptors (Lipinski definition) is 9. The Bertz CT molecular complexity index is 1930. The molecule has 7 aromatic heterocycles. The van der Waals surface area contributed by atoms with E-state index in [-0.39, 0.29) is 0 Å². The van der Waals surface area contributed by atoms with E-state index in [2.05, 4.69) is 35.4 Å². The lowest BCUT2D eigenvalue weighted by Crippen LogP contribution is -2.70. The van der Waals surface area contributed by atoms with Crippen LogP contribution in [-0.4, -0.2) is 49.5 Å². The molecule has 8 heterocycles. The second kappa shape index (κ2) is 9.92. The molecule has 8 rings (SSSR count). The maximum absolute atomic E-state index is 5.03. The molecular weight excluding hydrogens is 560 g/mol. The number of pyridine rings is 1. The zero-order chi connectivity index (χ0) is 28.7. The van der Waals surface area contributed by atoms with Crippen LogP contribution in [0.5, 0.6) is 0 Å². The molecule has 0 saturated carbocycles. The summed E-state index contributed by atoms with van der Waals surface area (Å²) in [5.41, 5.74) is 1.94. The lowest BCUT2D eigenvalue weighted by molar-refractivity contribution is 0.242. The predicted octanol–water partition coefficient (Wildman–Crippen LogP) is 4.25. The van der Waals surface area contributed by atoms with E-state index in [1.165, 1.54) is 11.5 Å². The van der Waals surface area contributed by atoms with E-state index < -0.39 is 11.1 Å². The summed E-state index contributed by atoms with van der Waals surface area (Å²) in [4.78, 5) is 32.2. The molecular formula is C30H24N12S. The van der Waals surface area contributed by atoms with Gasteiger partial charge in [-0.15, -0.1) is 0 Å². The molecule has 5 N–H and O–H groups in total. The number of nitrogens with zero attached hydrogens (tertiary/aromatic N) is 7. The monoisotopic (exact) mass is 584 g/mol. The fourth-order valence-corrected chi connectivity index (χ4v) is 6.68. The van der Waals surface area contributed by atoms with E-state index in [9.17, 15) is 0 Å². The van der Waals surface area contributed by atoms with Crippen molar-refractivity contribution in [3.63, 3.8) is 0 Å². The maximum atomic E-state index is 5.03. The van der Waals surface area contributed by atoms with Crippen LogP contribution in [0.1, 0.15) is 34.4 Å². The Morgan fingerprint density at radius 1 is 0.698 bits per heavy atom. The largest absolute Gasteiger partial charge is 0.363 e. The van der Waals surface area contributed by atoms with E-state index in [0.29, 0.717) is 23.0 Å². The first-order valence-electron chi connectivity index (χ1n) is 13.5. The second-order valence-corrected chi connectivity index (χ2v) is 10.5. The molecule has 0 fully saturated rings. The van der Waals surface area contributed by atoms with Crippen LogP contribution in [0.25, 0.3) is 11.4 Å². The molecule has 2 unspecified atom stereocenters. The van der Waals surface area contributed by atoms with Gasteiger partial charge in [0, 0.05) is 55.0 Å². The summed E-state index contributed by atoms with van der Waals surface area (Å²) in [7, 11) is 0. The van der Waals surface area contributed by atoms with Crippen LogP contribution in [0, 0.1) is 0 Å². The summed E-state index contributed by atoms with van der Waals surface area (Å²) >= 11 is 1.36. The summed E-state index contributed by atoms with van der Waals surface area (Å²) in [6, 6.07) is 19.6. The van der Waals surface area contributed by atoms with Crippen LogP contribution in [0.2, 0.25) is 0 Å². The highest BCUT2D eigenvalue weighted by atomic mass is 32.1. The van der Waals surface area contributed by atoms with Crippen LogP contribution < -0.4 is 10.2 Å². The fraction of sp³-hybridized carbons (Fsp3) is 0.0667. The first-order valence-corrected chi connectivity index (χ1v) is 14.4. The van der Waals surface area contributed by atoms with Gasteiger partial charge in [-0.25, -0.2) is 15.0 Å². The minimum atomic E-state index is -1.29. The van der Waals surface area contributed by atoms with Crippen LogP contribution in [0.3, 0.4) is 0 Å². The van der Waals surface area contributed by atoms with Crippen LogP contribution >= 0.6 is 11.5 Å². The van der Waals surface area contributed by atoms with Crippen LogP contribution in [0.4, 0.5) is 5.82 Å². The van der Waals surface area contributed by atoms with Crippen molar-refractivity contribution in [1.29, 1.82) is 0 Å². The van der Waals surface area contributed by atoms with E-state index in [0.717, 1.165) is 28.6 Å². The van der Waals surface area contributed by atoms with Crippen molar-refractivity contribution in [2.45, 2.75) is 11.1 Å². The summed E-state index contributed by atoms with van der Waals surface area (Å²) in [6.45, 7) is 0. The Hall–Kier alpha value is -5.82. The number of aromatic nitrogens is 10. The minimum absolute atomic E-state index is 0.496. The van der Waals surface area contributed by atoms with Crippen molar-refractivity contribution in [2.75, 3.05) is 4.90 Å². The zero-order valence-corrected chi connectivity index (χ0v) is 23.3. The van der Waals surface area contributed by atoms with Crippen molar-refractivity contribution >= 4 is 28.7 Å². The Balaban J connectivity index is 1.65. The molecule has 2 atom stereocenters. The van der Waals surface area contributed by atoms with Gasteiger partial charge >= 0.3 is 0 Å². The average Bonchev–Trinajstić information content (AvgIpc) is 3.90. The molecule has 12 nitrogen and oxygen atoms in total. The van der Waals surface area contributed by atoms with E-state index >= 15 is 0 Å². The minimum Gasteiger partial charge on any atom is -0.363 e. The van der Waals surface area contributed by atoms with Gasteiger partial charge in [0.05, 0.1) is 28.5 Å². The highest BCUT2D eigenvalue weighted by Crippen LogP contribution is 2.58. The molecule has 0 saturated heterocycles. The number of anilines is 1. The van der Waals surface area contributed by atoms with Gasteiger partial charge in [-0.3, -0.25) is 10.1 Å². The summed E-state index contributed by atoms with van der Waals surface area (Å²) < 4.78 is 5.03. The Morgan fingerprint density at radius 3 is 2.26 bits per heavy atom. The predicted molar refractivity (Wildman–Crippen MR) is 161 cm³/mol. The number of nitrogens with one attached hydrogen (secondary N) is 5. The number of H-pyrrole nitrogens is 4. The van der Waals surface area contributed by atoms with Crippen LogP contribution in [0.15, 0.2) is 116 Å². The summed E-state index contributed by atoms with van der Waals surface area (Å²) in [5, 5.41) is 13.4. The third kappa shape index (κ3) is 3.55. The molecule has 1 aliphatic heterocycles. The lowest BCUT2D eigenvalue weighted by Gasteiger charge is -2.57. The molecule has 0 aromatic carbocycles. The molecule has 7 aromatic rings. The summed E-state index contributed by atoms with van der Waals surface area (Å²) in [5.74, 6) is 1.87. The molecule has 43 heavy (non-hydrogen) atoms. The molecule has 0 bridgehead atoms. The maximum Gasteiger partial charge on any atom is 0.184 e. The molecule has 1 aliphatic rings. The van der Waals surface area contributed by atoms with E-state index in [4.69, 9.17) is 24.3 Å². The standard InChI is InChI=1S/C30H24N12S/c1-2-11-31-21(6-1)29(22-7-3-12-32-22)30(23-10-19-43-41-23,28-36-14-5-15-37-28)42(24-8-4-13-33-24)26(27-34-17-18-35-27)25(39-29)20-9-16-38-40-20/h1-19,32-33,39H,(H,34,35)(H,38,40). The SMILES string of the molecule is c1ccc(C2(c3ccc[nH]3)NC(c3ccn[nH]3)=C(c3ncc[nH]3)N(c3ccc[nH]3)C2(c2ccsn2)c2ncccn2)nc1. The van der Waals surface area contributed by atoms with Crippen molar-refractivity contribution in [3.8, 4) is 0 Å². The van der Waals surface area contributed by atoms with E-state index in [1.54, 1.807) is 37.2 Å². The Kier molecular flexibility index (Phi) is 5.75. The second-order valence-electron chi connectivity index (χ2n) is 9.86.